The van der Waals surface area contributed by atoms with E-state index in [4.69, 9.17) is 9.16 Å². The molecule has 0 bridgehead atoms. The van der Waals surface area contributed by atoms with Crippen molar-refractivity contribution in [1.29, 1.82) is 0 Å². The van der Waals surface area contributed by atoms with Gasteiger partial charge in [-0.15, -0.1) is 11.3 Å². The number of hydrogen-bond donors (Lipinski definition) is 0. The normalized spacial score (nSPS) is 16.1. The van der Waals surface area contributed by atoms with Gasteiger partial charge in [0.1, 0.15) is 0 Å². The molecule has 0 spiro atoms. The van der Waals surface area contributed by atoms with E-state index in [0.29, 0.717) is 6.10 Å². The van der Waals surface area contributed by atoms with Gasteiger partial charge in [-0.05, 0) is 59.4 Å². The fraction of sp³-hybridized carbons (Fsp3) is 0.636. The summed E-state index contributed by atoms with van der Waals surface area (Å²) in [5, 5.41) is 3.51. The van der Waals surface area contributed by atoms with E-state index in [1.807, 2.05) is 0 Å². The molecule has 0 amide bonds. The van der Waals surface area contributed by atoms with Gasteiger partial charge >= 0.3 is 0 Å². The Morgan fingerprint density at radius 2 is 1.85 bits per heavy atom. The molecule has 0 unspecified atom stereocenters. The zero-order valence-electron chi connectivity index (χ0n) is 17.2. The first kappa shape index (κ1) is 21.0. The van der Waals surface area contributed by atoms with Crippen LogP contribution in [0.2, 0.25) is 18.1 Å². The van der Waals surface area contributed by atoms with Crippen LogP contribution in [-0.4, -0.2) is 52.2 Å². The number of hydrogen-bond acceptors (Lipinski definition) is 4. The Morgan fingerprint density at radius 3 is 2.59 bits per heavy atom. The lowest BCUT2D eigenvalue weighted by atomic mass is 10.1. The number of benzene rings is 1. The minimum absolute atomic E-state index is 0.490. The third kappa shape index (κ3) is 5.64. The van der Waals surface area contributed by atoms with Gasteiger partial charge in [0.15, 0.2) is 8.32 Å². The molecule has 1 aromatic carbocycles. The first-order valence-electron chi connectivity index (χ1n) is 10.6. The summed E-state index contributed by atoms with van der Waals surface area (Å²) >= 11 is 1.81. The van der Waals surface area contributed by atoms with Gasteiger partial charge in [-0.2, -0.15) is 0 Å². The maximum atomic E-state index is 6.54. The van der Waals surface area contributed by atoms with Crippen molar-refractivity contribution in [3.8, 4) is 0 Å². The monoisotopic (exact) mass is 405 g/mol. The summed E-state index contributed by atoms with van der Waals surface area (Å²) < 4.78 is 13.8. The largest absolute Gasteiger partial charge is 0.411 e. The number of fused-ring (bicyclic) bond motifs is 1. The maximum absolute atomic E-state index is 6.54. The Balaban J connectivity index is 1.24. The second-order valence-electron chi connectivity index (χ2n) is 7.75. The molecule has 1 aliphatic rings. The van der Waals surface area contributed by atoms with Crippen LogP contribution in [0.3, 0.4) is 0 Å². The van der Waals surface area contributed by atoms with E-state index in [9.17, 15) is 0 Å². The van der Waals surface area contributed by atoms with E-state index in [-0.39, 0.29) is 0 Å². The molecule has 3 rings (SSSR count). The van der Waals surface area contributed by atoms with Gasteiger partial charge in [0.05, 0.1) is 12.7 Å². The first-order chi connectivity index (χ1) is 13.2. The third-order valence-corrected chi connectivity index (χ3v) is 11.7. The molecule has 1 saturated heterocycles. The molecule has 0 aliphatic carbocycles. The molecule has 1 aliphatic heterocycles. The molecule has 150 valence electrons. The molecule has 0 N–H and O–H groups in total. The van der Waals surface area contributed by atoms with Crippen molar-refractivity contribution in [3.05, 3.63) is 35.2 Å². The van der Waals surface area contributed by atoms with Gasteiger partial charge < -0.3 is 9.16 Å². The number of ether oxygens (including phenoxy) is 1. The van der Waals surface area contributed by atoms with Crippen LogP contribution in [0.4, 0.5) is 0 Å². The van der Waals surface area contributed by atoms with Crippen LogP contribution in [0.5, 0.6) is 0 Å². The SMILES string of the molecule is CC[Si](CC)(CC)OC1CN(CCCOCCc2ccc3sccc3c2)C1. The molecule has 2 aromatic rings. The van der Waals surface area contributed by atoms with Crippen molar-refractivity contribution in [1.82, 2.24) is 4.90 Å². The highest BCUT2D eigenvalue weighted by Gasteiger charge is 2.36. The lowest BCUT2D eigenvalue weighted by molar-refractivity contribution is 0.00629. The fourth-order valence-corrected chi connectivity index (χ4v) is 7.61. The lowest BCUT2D eigenvalue weighted by Gasteiger charge is -2.44. The quantitative estimate of drug-likeness (QED) is 0.341. The Hall–Kier alpha value is -0.723. The van der Waals surface area contributed by atoms with Crippen molar-refractivity contribution in [2.45, 2.75) is 57.8 Å². The fourth-order valence-electron chi connectivity index (χ4n) is 3.99. The summed E-state index contributed by atoms with van der Waals surface area (Å²) in [6.45, 7) is 12.0. The molecule has 1 fully saturated rings. The van der Waals surface area contributed by atoms with Gasteiger partial charge in [0, 0.05) is 30.9 Å². The molecule has 2 heterocycles. The van der Waals surface area contributed by atoms with Crippen LogP contribution in [0, 0.1) is 0 Å². The van der Waals surface area contributed by atoms with Gasteiger partial charge in [-0.3, -0.25) is 4.90 Å². The van der Waals surface area contributed by atoms with E-state index < -0.39 is 8.32 Å². The van der Waals surface area contributed by atoms with Crippen molar-refractivity contribution in [3.63, 3.8) is 0 Å². The Labute approximate surface area is 169 Å². The van der Waals surface area contributed by atoms with Gasteiger partial charge in [-0.25, -0.2) is 0 Å². The number of thiophene rings is 1. The average Bonchev–Trinajstić information content (AvgIpc) is 3.13. The topological polar surface area (TPSA) is 21.7 Å². The zero-order chi connectivity index (χ0) is 19.1. The van der Waals surface area contributed by atoms with E-state index in [1.165, 1.54) is 33.8 Å². The van der Waals surface area contributed by atoms with Crippen LogP contribution in [0.25, 0.3) is 10.1 Å². The molecule has 27 heavy (non-hydrogen) atoms. The highest BCUT2D eigenvalue weighted by Crippen LogP contribution is 2.26. The second-order valence-corrected chi connectivity index (χ2v) is 13.4. The van der Waals surface area contributed by atoms with Crippen LogP contribution < -0.4 is 0 Å². The summed E-state index contributed by atoms with van der Waals surface area (Å²) in [5.41, 5.74) is 1.37. The number of rotatable bonds is 12. The molecular weight excluding hydrogens is 370 g/mol. The summed E-state index contributed by atoms with van der Waals surface area (Å²) in [7, 11) is -1.42. The molecule has 3 nitrogen and oxygen atoms in total. The number of nitrogens with zero attached hydrogens (tertiary/aromatic N) is 1. The van der Waals surface area contributed by atoms with Gasteiger partial charge in [0.2, 0.25) is 0 Å². The summed E-state index contributed by atoms with van der Waals surface area (Å²) in [6, 6.07) is 12.7. The predicted octanol–water partition coefficient (Wildman–Crippen LogP) is 5.56. The Morgan fingerprint density at radius 1 is 1.07 bits per heavy atom. The second kappa shape index (κ2) is 10.2. The van der Waals surface area contributed by atoms with E-state index in [2.05, 4.69) is 55.3 Å². The molecule has 0 radical (unpaired) electrons. The third-order valence-electron chi connectivity index (χ3n) is 6.09. The zero-order valence-corrected chi connectivity index (χ0v) is 19.0. The molecule has 0 saturated carbocycles. The number of likely N-dealkylation sites (tertiary alicyclic amines) is 1. The van der Waals surface area contributed by atoms with Crippen molar-refractivity contribution >= 4 is 29.7 Å². The Bertz CT molecular complexity index is 686. The van der Waals surface area contributed by atoms with Crippen LogP contribution in [0.15, 0.2) is 29.6 Å². The molecule has 0 atom stereocenters. The maximum Gasteiger partial charge on any atom is 0.192 e. The lowest BCUT2D eigenvalue weighted by Crippen LogP contribution is -2.56. The molecular formula is C22H35NO2SSi. The van der Waals surface area contributed by atoms with Crippen molar-refractivity contribution in [2.75, 3.05) is 32.8 Å². The van der Waals surface area contributed by atoms with Crippen molar-refractivity contribution < 1.29 is 9.16 Å². The van der Waals surface area contributed by atoms with Crippen LogP contribution in [-0.2, 0) is 15.6 Å². The summed E-state index contributed by atoms with van der Waals surface area (Å²) in [6.07, 6.45) is 2.61. The first-order valence-corrected chi connectivity index (χ1v) is 14.0. The highest BCUT2D eigenvalue weighted by molar-refractivity contribution is 7.17. The summed E-state index contributed by atoms with van der Waals surface area (Å²) in [4.78, 5) is 2.51. The van der Waals surface area contributed by atoms with Crippen LogP contribution in [0.1, 0.15) is 32.8 Å². The average molecular weight is 406 g/mol. The minimum Gasteiger partial charge on any atom is -0.411 e. The Kier molecular flexibility index (Phi) is 7.91. The van der Waals surface area contributed by atoms with E-state index >= 15 is 0 Å². The van der Waals surface area contributed by atoms with Gasteiger partial charge in [0.25, 0.3) is 0 Å². The standard InChI is InChI=1S/C22H35NO2SSi/c1-4-27(5-2,6-3)25-21-17-23(18-21)12-7-13-24-14-10-19-8-9-22-20(16-19)11-15-26-22/h8-9,11,15-16,21H,4-7,10,12-14,17-18H2,1-3H3. The smallest absolute Gasteiger partial charge is 0.192 e. The van der Waals surface area contributed by atoms with Crippen molar-refractivity contribution in [2.24, 2.45) is 0 Å². The van der Waals surface area contributed by atoms with Crippen LogP contribution >= 0.6 is 11.3 Å². The highest BCUT2D eigenvalue weighted by atomic mass is 32.1. The predicted molar refractivity (Wildman–Crippen MR) is 119 cm³/mol. The molecule has 5 heteroatoms. The van der Waals surface area contributed by atoms with Gasteiger partial charge in [-0.1, -0.05) is 32.9 Å². The summed E-state index contributed by atoms with van der Waals surface area (Å²) in [5.74, 6) is 0. The molecule has 1 aromatic heterocycles. The minimum atomic E-state index is -1.42. The van der Waals surface area contributed by atoms with E-state index in [1.54, 1.807) is 11.3 Å². The van der Waals surface area contributed by atoms with E-state index in [0.717, 1.165) is 45.7 Å².